The molecule has 3 aromatic carbocycles. The molecule has 0 bridgehead atoms. The van der Waals surface area contributed by atoms with Crippen LogP contribution in [0, 0.1) is 6.92 Å². The number of hydrogen-bond acceptors (Lipinski definition) is 4. The van der Waals surface area contributed by atoms with Crippen molar-refractivity contribution in [2.45, 2.75) is 26.3 Å². The van der Waals surface area contributed by atoms with Crippen LogP contribution in [0.3, 0.4) is 0 Å². The zero-order valence-corrected chi connectivity index (χ0v) is 19.6. The molecule has 0 saturated carbocycles. The molecule has 0 radical (unpaired) electrons. The lowest BCUT2D eigenvalue weighted by Gasteiger charge is -2.16. The van der Waals surface area contributed by atoms with Crippen molar-refractivity contribution >= 4 is 22.5 Å². The second-order valence-electron chi connectivity index (χ2n) is 8.23. The van der Waals surface area contributed by atoms with Crippen molar-refractivity contribution < 1.29 is 14.3 Å². The summed E-state index contributed by atoms with van der Waals surface area (Å²) in [6, 6.07) is 23.1. The molecule has 1 amide bonds. The average molecular weight is 457 g/mol. The molecule has 0 unspecified atom stereocenters. The number of benzene rings is 3. The van der Waals surface area contributed by atoms with Crippen molar-refractivity contribution in [3.63, 3.8) is 0 Å². The van der Waals surface area contributed by atoms with E-state index in [-0.39, 0.29) is 18.0 Å². The van der Waals surface area contributed by atoms with Crippen LogP contribution in [0.5, 0.6) is 11.5 Å². The van der Waals surface area contributed by atoms with E-state index in [0.717, 1.165) is 22.9 Å². The first kappa shape index (κ1) is 23.1. The topological polar surface area (TPSA) is 69.6 Å². The van der Waals surface area contributed by atoms with E-state index in [1.807, 2.05) is 73.7 Å². The fourth-order valence-corrected chi connectivity index (χ4v) is 4.09. The maximum atomic E-state index is 13.5. The minimum Gasteiger partial charge on any atom is -0.493 e. The molecular weight excluding hydrogens is 428 g/mol. The number of fused-ring (bicyclic) bond motifs is 1. The lowest BCUT2D eigenvalue weighted by molar-refractivity contribution is -0.116. The van der Waals surface area contributed by atoms with E-state index in [9.17, 15) is 9.59 Å². The number of aromatic nitrogens is 1. The highest BCUT2D eigenvalue weighted by Gasteiger charge is 2.16. The molecule has 4 aromatic rings. The lowest BCUT2D eigenvalue weighted by atomic mass is 10.0. The average Bonchev–Trinajstić information content (AvgIpc) is 2.84. The number of nitrogens with one attached hydrogen (secondary N) is 1. The molecule has 1 heterocycles. The summed E-state index contributed by atoms with van der Waals surface area (Å²) in [5.41, 5.74) is 3.97. The van der Waals surface area contributed by atoms with Crippen molar-refractivity contribution in [3.05, 3.63) is 99.8 Å². The SMILES string of the molecule is COc1cc2cc(CCc3ccccc3)c(=O)n(CC(=O)Nc3cccc(C)c3)c2cc1OC. The third-order valence-corrected chi connectivity index (χ3v) is 5.80. The molecule has 0 aliphatic carbocycles. The van der Waals surface area contributed by atoms with Crippen LogP contribution < -0.4 is 20.3 Å². The van der Waals surface area contributed by atoms with E-state index in [0.29, 0.717) is 34.7 Å². The van der Waals surface area contributed by atoms with E-state index in [2.05, 4.69) is 5.32 Å². The predicted molar refractivity (Wildman–Crippen MR) is 135 cm³/mol. The molecule has 6 nitrogen and oxygen atoms in total. The predicted octanol–water partition coefficient (Wildman–Crippen LogP) is 4.75. The van der Waals surface area contributed by atoms with Gasteiger partial charge in [0.1, 0.15) is 6.54 Å². The van der Waals surface area contributed by atoms with Crippen LogP contribution in [0.2, 0.25) is 0 Å². The number of rotatable bonds is 8. The van der Waals surface area contributed by atoms with Gasteiger partial charge in [0.25, 0.3) is 5.56 Å². The van der Waals surface area contributed by atoms with E-state index >= 15 is 0 Å². The molecule has 0 fully saturated rings. The molecule has 0 saturated heterocycles. The van der Waals surface area contributed by atoms with Gasteiger partial charge in [0, 0.05) is 22.7 Å². The zero-order valence-electron chi connectivity index (χ0n) is 19.6. The summed E-state index contributed by atoms with van der Waals surface area (Å²) in [5, 5.41) is 3.71. The molecule has 0 aliphatic heterocycles. The Bertz CT molecular complexity index is 1380. The van der Waals surface area contributed by atoms with Gasteiger partial charge >= 0.3 is 0 Å². The molecule has 1 aromatic heterocycles. The van der Waals surface area contributed by atoms with Crippen molar-refractivity contribution in [3.8, 4) is 11.5 Å². The first-order valence-corrected chi connectivity index (χ1v) is 11.2. The summed E-state index contributed by atoms with van der Waals surface area (Å²) in [4.78, 5) is 26.4. The minimum atomic E-state index is -0.274. The maximum Gasteiger partial charge on any atom is 0.254 e. The Morgan fingerprint density at radius 2 is 1.62 bits per heavy atom. The number of ether oxygens (including phenoxy) is 2. The third-order valence-electron chi connectivity index (χ3n) is 5.80. The van der Waals surface area contributed by atoms with Crippen LogP contribution in [-0.2, 0) is 24.2 Å². The Hall–Kier alpha value is -4.06. The van der Waals surface area contributed by atoms with Crippen LogP contribution in [-0.4, -0.2) is 24.7 Å². The van der Waals surface area contributed by atoms with Crippen molar-refractivity contribution in [1.82, 2.24) is 4.57 Å². The van der Waals surface area contributed by atoms with Gasteiger partial charge in [-0.25, -0.2) is 0 Å². The van der Waals surface area contributed by atoms with Crippen LogP contribution in [0.25, 0.3) is 10.9 Å². The van der Waals surface area contributed by atoms with Gasteiger partial charge in [-0.15, -0.1) is 0 Å². The quantitative estimate of drug-likeness (QED) is 0.415. The molecule has 6 heteroatoms. The Morgan fingerprint density at radius 1 is 0.882 bits per heavy atom. The first-order chi connectivity index (χ1) is 16.5. The normalized spacial score (nSPS) is 10.8. The summed E-state index contributed by atoms with van der Waals surface area (Å²) in [7, 11) is 3.12. The van der Waals surface area contributed by atoms with E-state index in [1.165, 1.54) is 4.57 Å². The molecule has 0 atom stereocenters. The molecular formula is C28H28N2O4. The molecule has 34 heavy (non-hydrogen) atoms. The Balaban J connectivity index is 1.74. The molecule has 1 N–H and O–H groups in total. The Kier molecular flexibility index (Phi) is 6.97. The van der Waals surface area contributed by atoms with Gasteiger partial charge in [-0.05, 0) is 55.2 Å². The van der Waals surface area contributed by atoms with Gasteiger partial charge in [0.05, 0.1) is 19.7 Å². The number of carbonyl (C=O) groups excluding carboxylic acids is 1. The van der Waals surface area contributed by atoms with Gasteiger partial charge in [-0.3, -0.25) is 14.2 Å². The molecule has 174 valence electrons. The summed E-state index contributed by atoms with van der Waals surface area (Å²) in [5.74, 6) is 0.793. The zero-order chi connectivity index (χ0) is 24.1. The number of nitrogens with zero attached hydrogens (tertiary/aromatic N) is 1. The number of pyridine rings is 1. The van der Waals surface area contributed by atoms with Crippen LogP contribution in [0.1, 0.15) is 16.7 Å². The van der Waals surface area contributed by atoms with Gasteiger partial charge in [-0.2, -0.15) is 0 Å². The second kappa shape index (κ2) is 10.3. The Labute approximate surface area is 198 Å². The standard InChI is InChI=1S/C28H28N2O4/c1-19-8-7-11-23(14-19)29-27(31)18-30-24-17-26(34-3)25(33-2)16-22(24)15-21(28(30)32)13-12-20-9-5-4-6-10-20/h4-11,14-17H,12-13,18H2,1-3H3,(H,29,31). The van der Waals surface area contributed by atoms with Gasteiger partial charge in [0.2, 0.25) is 5.91 Å². The van der Waals surface area contributed by atoms with Crippen LogP contribution in [0.4, 0.5) is 5.69 Å². The largest absolute Gasteiger partial charge is 0.493 e. The number of carbonyl (C=O) groups is 1. The van der Waals surface area contributed by atoms with Crippen LogP contribution in [0.15, 0.2) is 77.6 Å². The minimum absolute atomic E-state index is 0.113. The highest BCUT2D eigenvalue weighted by molar-refractivity contribution is 5.92. The maximum absolute atomic E-state index is 13.5. The van der Waals surface area contributed by atoms with Gasteiger partial charge in [0.15, 0.2) is 11.5 Å². The van der Waals surface area contributed by atoms with E-state index < -0.39 is 0 Å². The number of anilines is 1. The number of methoxy groups -OCH3 is 2. The molecule has 4 rings (SSSR count). The number of hydrogen-bond donors (Lipinski definition) is 1. The monoisotopic (exact) mass is 456 g/mol. The van der Waals surface area contributed by atoms with Crippen LogP contribution >= 0.6 is 0 Å². The highest BCUT2D eigenvalue weighted by atomic mass is 16.5. The second-order valence-corrected chi connectivity index (χ2v) is 8.23. The third kappa shape index (κ3) is 5.12. The van der Waals surface area contributed by atoms with Crippen molar-refractivity contribution in [1.29, 1.82) is 0 Å². The highest BCUT2D eigenvalue weighted by Crippen LogP contribution is 2.32. The summed E-state index contributed by atoms with van der Waals surface area (Å²) in [6.45, 7) is 1.85. The first-order valence-electron chi connectivity index (χ1n) is 11.2. The van der Waals surface area contributed by atoms with Crippen molar-refractivity contribution in [2.24, 2.45) is 0 Å². The summed E-state index contributed by atoms with van der Waals surface area (Å²) < 4.78 is 12.4. The summed E-state index contributed by atoms with van der Waals surface area (Å²) in [6.07, 6.45) is 1.29. The fraction of sp³-hybridized carbons (Fsp3) is 0.214. The van der Waals surface area contributed by atoms with Gasteiger partial charge < -0.3 is 14.8 Å². The smallest absolute Gasteiger partial charge is 0.254 e. The fourth-order valence-electron chi connectivity index (χ4n) is 4.09. The van der Waals surface area contributed by atoms with Gasteiger partial charge in [-0.1, -0.05) is 42.5 Å². The van der Waals surface area contributed by atoms with Crippen molar-refractivity contribution in [2.75, 3.05) is 19.5 Å². The number of aryl methyl sites for hydroxylation is 3. The summed E-state index contributed by atoms with van der Waals surface area (Å²) >= 11 is 0. The molecule has 0 spiro atoms. The van der Waals surface area contributed by atoms with E-state index in [1.54, 1.807) is 20.3 Å². The number of amides is 1. The Morgan fingerprint density at radius 3 is 2.32 bits per heavy atom. The lowest BCUT2D eigenvalue weighted by Crippen LogP contribution is -2.30. The van der Waals surface area contributed by atoms with E-state index in [4.69, 9.17) is 9.47 Å². The molecule has 0 aliphatic rings.